The molecule has 1 N–H and O–H groups in total. The Morgan fingerprint density at radius 2 is 2.23 bits per heavy atom. The zero-order valence-corrected chi connectivity index (χ0v) is 7.52. The van der Waals surface area contributed by atoms with E-state index in [-0.39, 0.29) is 6.10 Å². The number of carboxylic acid groups (broad SMARTS) is 1. The molecule has 1 rings (SSSR count). The van der Waals surface area contributed by atoms with Gasteiger partial charge in [-0.1, -0.05) is 0 Å². The fourth-order valence-corrected chi connectivity index (χ4v) is 1.45. The second-order valence-corrected chi connectivity index (χ2v) is 3.06. The van der Waals surface area contributed by atoms with E-state index < -0.39 is 11.9 Å². The summed E-state index contributed by atoms with van der Waals surface area (Å²) in [6.45, 7) is 0.909. The average Bonchev–Trinajstić information content (AvgIpc) is 2.16. The third kappa shape index (κ3) is 2.42. The van der Waals surface area contributed by atoms with Crippen LogP contribution in [-0.2, 0) is 14.3 Å². The van der Waals surface area contributed by atoms with Gasteiger partial charge in [0.25, 0.3) is 0 Å². The highest BCUT2D eigenvalue weighted by molar-refractivity contribution is 6.31. The van der Waals surface area contributed by atoms with Gasteiger partial charge in [-0.15, -0.1) is 0 Å². The number of carboxylic acids is 1. The molecule has 1 aliphatic rings. The van der Waals surface area contributed by atoms with Crippen LogP contribution in [0.4, 0.5) is 0 Å². The van der Waals surface area contributed by atoms with Crippen LogP contribution in [0.25, 0.3) is 0 Å². The molecule has 13 heavy (non-hydrogen) atoms. The van der Waals surface area contributed by atoms with E-state index in [0.29, 0.717) is 13.1 Å². The van der Waals surface area contributed by atoms with E-state index >= 15 is 0 Å². The van der Waals surface area contributed by atoms with Crippen LogP contribution in [0, 0.1) is 0 Å². The first-order valence-electron chi connectivity index (χ1n) is 4.20. The van der Waals surface area contributed by atoms with Crippen LogP contribution < -0.4 is 0 Å². The summed E-state index contributed by atoms with van der Waals surface area (Å²) in [7, 11) is 1.57. The van der Waals surface area contributed by atoms with Crippen LogP contribution in [0.15, 0.2) is 0 Å². The molecule has 1 amide bonds. The largest absolute Gasteiger partial charge is 0.474 e. The van der Waals surface area contributed by atoms with E-state index in [0.717, 1.165) is 12.8 Å². The highest BCUT2D eigenvalue weighted by Gasteiger charge is 2.27. The number of rotatable bonds is 1. The van der Waals surface area contributed by atoms with E-state index in [9.17, 15) is 9.59 Å². The third-order valence-electron chi connectivity index (χ3n) is 2.18. The van der Waals surface area contributed by atoms with Crippen LogP contribution in [-0.4, -0.2) is 48.2 Å². The van der Waals surface area contributed by atoms with Crippen molar-refractivity contribution in [2.45, 2.75) is 18.9 Å². The lowest BCUT2D eigenvalue weighted by atomic mass is 10.1. The average molecular weight is 187 g/mol. The summed E-state index contributed by atoms with van der Waals surface area (Å²) in [5.41, 5.74) is 0. The van der Waals surface area contributed by atoms with Crippen molar-refractivity contribution in [2.24, 2.45) is 0 Å². The molecule has 0 aromatic carbocycles. The van der Waals surface area contributed by atoms with E-state index in [2.05, 4.69) is 0 Å². The Morgan fingerprint density at radius 3 is 2.77 bits per heavy atom. The molecule has 0 spiro atoms. The van der Waals surface area contributed by atoms with Crippen LogP contribution in [0.1, 0.15) is 12.8 Å². The second-order valence-electron chi connectivity index (χ2n) is 3.06. The Bertz CT molecular complexity index is 216. The maximum absolute atomic E-state index is 11.0. The van der Waals surface area contributed by atoms with Gasteiger partial charge < -0.3 is 14.7 Å². The maximum atomic E-state index is 11.0. The summed E-state index contributed by atoms with van der Waals surface area (Å²) in [4.78, 5) is 22.7. The van der Waals surface area contributed by atoms with Crippen LogP contribution >= 0.6 is 0 Å². The molecule has 0 aromatic rings. The van der Waals surface area contributed by atoms with E-state index in [1.54, 1.807) is 7.11 Å². The topological polar surface area (TPSA) is 66.8 Å². The van der Waals surface area contributed by atoms with Gasteiger partial charge in [-0.05, 0) is 12.8 Å². The Morgan fingerprint density at radius 1 is 1.54 bits per heavy atom. The zero-order valence-electron chi connectivity index (χ0n) is 7.52. The predicted molar refractivity (Wildman–Crippen MR) is 44.2 cm³/mol. The summed E-state index contributed by atoms with van der Waals surface area (Å²) in [5.74, 6) is -2.22. The van der Waals surface area contributed by atoms with E-state index in [4.69, 9.17) is 9.84 Å². The van der Waals surface area contributed by atoms with Crippen molar-refractivity contribution in [1.29, 1.82) is 0 Å². The highest BCUT2D eigenvalue weighted by atomic mass is 16.5. The normalized spacial score (nSPS) is 22.8. The highest BCUT2D eigenvalue weighted by Crippen LogP contribution is 2.12. The van der Waals surface area contributed by atoms with Gasteiger partial charge in [-0.3, -0.25) is 4.79 Å². The van der Waals surface area contributed by atoms with Gasteiger partial charge >= 0.3 is 11.9 Å². The monoisotopic (exact) mass is 187 g/mol. The van der Waals surface area contributed by atoms with Gasteiger partial charge in [0, 0.05) is 20.2 Å². The fourth-order valence-electron chi connectivity index (χ4n) is 1.45. The van der Waals surface area contributed by atoms with Crippen molar-refractivity contribution in [1.82, 2.24) is 4.90 Å². The molecule has 1 heterocycles. The van der Waals surface area contributed by atoms with Crippen molar-refractivity contribution in [3.8, 4) is 0 Å². The summed E-state index contributed by atoms with van der Waals surface area (Å²) in [6, 6.07) is 0. The van der Waals surface area contributed by atoms with Gasteiger partial charge in [0.1, 0.15) is 0 Å². The number of carbonyl (C=O) groups excluding carboxylic acids is 1. The van der Waals surface area contributed by atoms with Crippen LogP contribution in [0.2, 0.25) is 0 Å². The van der Waals surface area contributed by atoms with Crippen molar-refractivity contribution < 1.29 is 19.4 Å². The molecule has 5 nitrogen and oxygen atoms in total. The lowest BCUT2D eigenvalue weighted by Gasteiger charge is -2.30. The molecular formula is C8H13NO4. The number of aliphatic carboxylic acids is 1. The Hall–Kier alpha value is -1.10. The number of hydrogen-bond acceptors (Lipinski definition) is 3. The van der Waals surface area contributed by atoms with Crippen molar-refractivity contribution in [2.75, 3.05) is 20.2 Å². The molecule has 1 saturated heterocycles. The maximum Gasteiger partial charge on any atom is 0.394 e. The minimum absolute atomic E-state index is 0.0166. The number of methoxy groups -OCH3 is 1. The molecule has 74 valence electrons. The fraction of sp³-hybridized carbons (Fsp3) is 0.750. The standard InChI is InChI=1S/C8H13NO4/c1-13-6-3-2-4-9(5-6)7(10)8(11)12/h6H,2-5H2,1H3,(H,11,12). The van der Waals surface area contributed by atoms with Gasteiger partial charge in [0.2, 0.25) is 0 Å². The number of ether oxygens (including phenoxy) is 1. The molecule has 0 saturated carbocycles. The minimum atomic E-state index is -1.39. The molecule has 0 aromatic heterocycles. The number of likely N-dealkylation sites (tertiary alicyclic amines) is 1. The first-order chi connectivity index (χ1) is 6.15. The first kappa shape index (κ1) is 9.98. The molecule has 1 atom stereocenters. The predicted octanol–water partition coefficient (Wildman–Crippen LogP) is -0.292. The molecule has 1 unspecified atom stereocenters. The van der Waals surface area contributed by atoms with Crippen LogP contribution in [0.3, 0.4) is 0 Å². The summed E-state index contributed by atoms with van der Waals surface area (Å²) >= 11 is 0. The number of amides is 1. The Labute approximate surface area is 76.3 Å². The van der Waals surface area contributed by atoms with Crippen molar-refractivity contribution >= 4 is 11.9 Å². The molecule has 5 heteroatoms. The van der Waals surface area contributed by atoms with Gasteiger partial charge in [-0.2, -0.15) is 0 Å². The SMILES string of the molecule is COC1CCCN(C(=O)C(=O)O)C1. The zero-order chi connectivity index (χ0) is 9.84. The van der Waals surface area contributed by atoms with E-state index in [1.807, 2.05) is 0 Å². The summed E-state index contributed by atoms with van der Waals surface area (Å²) in [5, 5.41) is 8.46. The summed E-state index contributed by atoms with van der Waals surface area (Å²) in [6.07, 6.45) is 1.68. The van der Waals surface area contributed by atoms with Gasteiger partial charge in [0.05, 0.1) is 6.10 Å². The summed E-state index contributed by atoms with van der Waals surface area (Å²) < 4.78 is 5.06. The lowest BCUT2D eigenvalue weighted by molar-refractivity contribution is -0.157. The molecule has 0 radical (unpaired) electrons. The molecule has 0 bridgehead atoms. The third-order valence-corrected chi connectivity index (χ3v) is 2.18. The molecular weight excluding hydrogens is 174 g/mol. The number of carbonyl (C=O) groups is 2. The quantitative estimate of drug-likeness (QED) is 0.573. The van der Waals surface area contributed by atoms with Gasteiger partial charge in [0.15, 0.2) is 0 Å². The number of piperidine rings is 1. The minimum Gasteiger partial charge on any atom is -0.474 e. The Balaban J connectivity index is 2.51. The van der Waals surface area contributed by atoms with Crippen molar-refractivity contribution in [3.63, 3.8) is 0 Å². The molecule has 1 aliphatic heterocycles. The van der Waals surface area contributed by atoms with Crippen LogP contribution in [0.5, 0.6) is 0 Å². The number of hydrogen-bond donors (Lipinski definition) is 1. The Kier molecular flexibility index (Phi) is 3.25. The molecule has 1 fully saturated rings. The van der Waals surface area contributed by atoms with E-state index in [1.165, 1.54) is 4.90 Å². The first-order valence-corrected chi connectivity index (χ1v) is 4.20. The van der Waals surface area contributed by atoms with Gasteiger partial charge in [-0.25, -0.2) is 4.79 Å². The second kappa shape index (κ2) is 4.23. The number of nitrogens with zero attached hydrogens (tertiary/aromatic N) is 1. The molecule has 0 aliphatic carbocycles. The smallest absolute Gasteiger partial charge is 0.394 e. The lowest BCUT2D eigenvalue weighted by Crippen LogP contribution is -2.45. The van der Waals surface area contributed by atoms with Crippen molar-refractivity contribution in [3.05, 3.63) is 0 Å².